The van der Waals surface area contributed by atoms with Crippen molar-refractivity contribution in [1.29, 1.82) is 0 Å². The maximum Gasteiger partial charge on any atom is 0.314 e. The Morgan fingerprint density at radius 2 is 0.950 bits per heavy atom. The van der Waals surface area contributed by atoms with Crippen LogP contribution in [-0.4, -0.2) is 155 Å². The monoisotopic (exact) mass is 1140 g/mol. The number of Topliss-reactive ketones (excluding diaryl/α,β-unsaturated/α-hetero) is 1. The number of unbranched alkanes of at least 4 members (excludes halogenated alkanes) is 2. The molecule has 80 heavy (non-hydrogen) atoms. The standard InChI is InChI=1S/C61H85N5O12S2/c67-50(19-14-37-73-41-44-76-40-32-64-80(71,72)54-28-24-52(25-29-54)78-60-56-21-8-6-17-49(56)47-58(60)66-35-12-3-13-36-66)18-4-1-9-30-62-61(68)63-31-39-75-43-42-74-38-15-45-79(69,70)53-26-22-51(23-27-53)77-59-55-20-7-5-16-48(55)46-57(59)65-33-10-2-11-34-65/h5-8,16-17,20-29,57-60,64H,1-4,9-15,18-19,30-47H2,(H2,62,63,68)/t57-,58-,59-,60-/m0/s1. The Morgan fingerprint density at radius 1 is 0.475 bits per heavy atom. The number of rotatable bonds is 35. The zero-order chi connectivity index (χ0) is 55.8. The largest absolute Gasteiger partial charge is 0.484 e. The molecule has 0 bridgehead atoms. The van der Waals surface area contributed by atoms with Crippen molar-refractivity contribution in [3.05, 3.63) is 119 Å². The Morgan fingerprint density at radius 3 is 1.51 bits per heavy atom. The molecule has 2 fully saturated rings. The number of likely N-dealkylation sites (tertiary alicyclic amines) is 2. The van der Waals surface area contributed by atoms with Crippen LogP contribution in [0.5, 0.6) is 11.5 Å². The van der Waals surface area contributed by atoms with Gasteiger partial charge in [-0.3, -0.25) is 14.6 Å². The maximum atomic E-state index is 13.1. The van der Waals surface area contributed by atoms with E-state index in [4.69, 9.17) is 28.4 Å². The number of urea groups is 1. The molecule has 438 valence electrons. The van der Waals surface area contributed by atoms with Crippen molar-refractivity contribution in [3.8, 4) is 11.5 Å². The van der Waals surface area contributed by atoms with E-state index in [1.54, 1.807) is 48.5 Å². The highest BCUT2D eigenvalue weighted by Gasteiger charge is 2.40. The van der Waals surface area contributed by atoms with Crippen LogP contribution in [-0.2, 0) is 56.4 Å². The minimum atomic E-state index is -3.73. The van der Waals surface area contributed by atoms with Crippen LogP contribution in [0.15, 0.2) is 107 Å². The second-order valence-corrected chi connectivity index (χ2v) is 25.2. The number of piperidine rings is 2. The van der Waals surface area contributed by atoms with E-state index < -0.39 is 19.9 Å². The first kappa shape index (κ1) is 61.1. The summed E-state index contributed by atoms with van der Waals surface area (Å²) >= 11 is 0. The molecule has 3 N–H and O–H groups in total. The molecule has 2 aliphatic heterocycles. The van der Waals surface area contributed by atoms with E-state index in [0.29, 0.717) is 89.9 Å². The molecule has 2 aliphatic carbocycles. The molecule has 17 nitrogen and oxygen atoms in total. The molecule has 2 amide bonds. The van der Waals surface area contributed by atoms with Crippen LogP contribution < -0.4 is 24.8 Å². The minimum Gasteiger partial charge on any atom is -0.484 e. The number of benzene rings is 4. The summed E-state index contributed by atoms with van der Waals surface area (Å²) in [6.07, 6.45) is 13.3. The lowest BCUT2D eigenvalue weighted by Crippen LogP contribution is -2.43. The van der Waals surface area contributed by atoms with Gasteiger partial charge >= 0.3 is 6.03 Å². The summed E-state index contributed by atoms with van der Waals surface area (Å²) in [5, 5.41) is 5.58. The predicted octanol–water partition coefficient (Wildman–Crippen LogP) is 8.17. The van der Waals surface area contributed by atoms with Crippen LogP contribution >= 0.6 is 0 Å². The van der Waals surface area contributed by atoms with E-state index in [0.717, 1.165) is 58.3 Å². The van der Waals surface area contributed by atoms with Crippen molar-refractivity contribution in [2.45, 2.75) is 130 Å². The maximum absolute atomic E-state index is 13.1. The number of hydrogen-bond donors (Lipinski definition) is 3. The molecule has 0 radical (unpaired) electrons. The fraction of sp³-hybridized carbons (Fsp3) is 0.574. The van der Waals surface area contributed by atoms with Crippen LogP contribution in [0.2, 0.25) is 0 Å². The molecule has 2 saturated heterocycles. The molecule has 2 heterocycles. The lowest BCUT2D eigenvalue weighted by molar-refractivity contribution is -0.119. The highest BCUT2D eigenvalue weighted by Crippen LogP contribution is 2.41. The molecule has 8 rings (SSSR count). The summed E-state index contributed by atoms with van der Waals surface area (Å²) < 4.78 is 90.2. The van der Waals surface area contributed by atoms with E-state index in [1.165, 1.54) is 60.8 Å². The number of fused-ring (bicyclic) bond motifs is 2. The van der Waals surface area contributed by atoms with Gasteiger partial charge in [-0.25, -0.2) is 26.4 Å². The molecule has 0 spiro atoms. The molecular weight excluding hydrogens is 1060 g/mol. The van der Waals surface area contributed by atoms with Gasteiger partial charge in [-0.1, -0.05) is 67.8 Å². The lowest BCUT2D eigenvalue weighted by atomic mass is 10.0. The quantitative estimate of drug-likeness (QED) is 0.0373. The van der Waals surface area contributed by atoms with Crippen molar-refractivity contribution < 1.29 is 54.8 Å². The minimum absolute atomic E-state index is 0.0277. The van der Waals surface area contributed by atoms with Crippen molar-refractivity contribution in [2.75, 3.05) is 104 Å². The molecular formula is C61H85N5O12S2. The summed E-state index contributed by atoms with van der Waals surface area (Å²) in [5.74, 6) is 1.46. The smallest absolute Gasteiger partial charge is 0.314 e. The van der Waals surface area contributed by atoms with Crippen molar-refractivity contribution in [3.63, 3.8) is 0 Å². The van der Waals surface area contributed by atoms with Crippen LogP contribution in [0.3, 0.4) is 0 Å². The van der Waals surface area contributed by atoms with Gasteiger partial charge in [-0.15, -0.1) is 0 Å². The summed E-state index contributed by atoms with van der Waals surface area (Å²) in [5.41, 5.74) is 5.06. The van der Waals surface area contributed by atoms with Gasteiger partial charge in [0, 0.05) is 45.7 Å². The number of ketones is 1. The summed E-state index contributed by atoms with van der Waals surface area (Å²) in [4.78, 5) is 30.0. The molecule has 0 unspecified atom stereocenters. The van der Waals surface area contributed by atoms with E-state index >= 15 is 0 Å². The molecule has 0 aromatic heterocycles. The summed E-state index contributed by atoms with van der Waals surface area (Å²) in [6, 6.07) is 30.6. The Kier molecular flexibility index (Phi) is 24.5. The van der Waals surface area contributed by atoms with Gasteiger partial charge in [0.15, 0.2) is 9.84 Å². The molecule has 4 aliphatic rings. The van der Waals surface area contributed by atoms with Gasteiger partial charge in [0.25, 0.3) is 0 Å². The van der Waals surface area contributed by atoms with Crippen LogP contribution in [0.4, 0.5) is 4.79 Å². The van der Waals surface area contributed by atoms with Crippen LogP contribution in [0, 0.1) is 0 Å². The first-order chi connectivity index (χ1) is 39.0. The van der Waals surface area contributed by atoms with E-state index in [2.05, 4.69) is 73.7 Å². The Bertz CT molecular complexity index is 2550. The molecule has 4 atom stereocenters. The number of carbonyl (C=O) groups is 2. The van der Waals surface area contributed by atoms with Gasteiger partial charge < -0.3 is 39.1 Å². The van der Waals surface area contributed by atoms with Crippen molar-refractivity contribution in [1.82, 2.24) is 25.2 Å². The third-order valence-corrected chi connectivity index (χ3v) is 18.8. The highest BCUT2D eigenvalue weighted by molar-refractivity contribution is 7.91. The first-order valence-corrected chi connectivity index (χ1v) is 32.4. The molecule has 0 saturated carbocycles. The number of nitrogens with one attached hydrogen (secondary N) is 3. The number of sulfone groups is 1. The third kappa shape index (κ3) is 18.8. The highest BCUT2D eigenvalue weighted by atomic mass is 32.2. The summed E-state index contributed by atoms with van der Waals surface area (Å²) in [7, 11) is -7.21. The van der Waals surface area contributed by atoms with Crippen LogP contribution in [0.1, 0.15) is 118 Å². The predicted molar refractivity (Wildman–Crippen MR) is 308 cm³/mol. The number of carbonyl (C=O) groups excluding carboxylic acids is 2. The van der Waals surface area contributed by atoms with Crippen molar-refractivity contribution in [2.24, 2.45) is 0 Å². The van der Waals surface area contributed by atoms with E-state index in [1.807, 2.05) is 0 Å². The first-order valence-electron chi connectivity index (χ1n) is 29.3. The number of amides is 2. The average Bonchev–Trinajstić information content (AvgIpc) is 4.14. The van der Waals surface area contributed by atoms with Crippen molar-refractivity contribution >= 4 is 31.7 Å². The lowest BCUT2D eigenvalue weighted by Gasteiger charge is -2.35. The van der Waals surface area contributed by atoms with Gasteiger partial charge in [0.2, 0.25) is 10.0 Å². The third-order valence-electron chi connectivity index (χ3n) is 15.5. The number of sulfonamides is 1. The molecule has 4 aromatic rings. The van der Waals surface area contributed by atoms with Gasteiger partial charge in [0.05, 0.1) is 67.3 Å². The molecule has 19 heteroatoms. The SMILES string of the molecule is O=C(CCCCCNC(=O)NCCOCCOCCCS(=O)(=O)c1ccc(O[C@H]2c3ccccc3C[C@@H]2N2CCCCC2)cc1)CCCOCCOCCNS(=O)(=O)c1ccc(O[C@H]2c3ccccc3C[C@@H]2N2CCCCC2)cc1. The van der Waals surface area contributed by atoms with E-state index in [-0.39, 0.29) is 71.4 Å². The summed E-state index contributed by atoms with van der Waals surface area (Å²) in [6.45, 7) is 7.79. The fourth-order valence-electron chi connectivity index (χ4n) is 11.3. The topological polar surface area (TPSA) is 200 Å². The zero-order valence-electron chi connectivity index (χ0n) is 46.6. The van der Waals surface area contributed by atoms with Crippen LogP contribution in [0.25, 0.3) is 0 Å². The zero-order valence-corrected chi connectivity index (χ0v) is 48.2. The average molecular weight is 1140 g/mol. The second kappa shape index (κ2) is 32.0. The van der Waals surface area contributed by atoms with Gasteiger partial charge in [-0.2, -0.15) is 0 Å². The van der Waals surface area contributed by atoms with Gasteiger partial charge in [0.1, 0.15) is 29.5 Å². The number of ether oxygens (including phenoxy) is 6. The second-order valence-electron chi connectivity index (χ2n) is 21.3. The number of hydrogen-bond acceptors (Lipinski definition) is 14. The fourth-order valence-corrected chi connectivity index (χ4v) is 13.6. The normalized spacial score (nSPS) is 19.6. The Labute approximate surface area is 475 Å². The Balaban J connectivity index is 0.565. The van der Waals surface area contributed by atoms with Gasteiger partial charge in [-0.05, 0) is 161 Å². The van der Waals surface area contributed by atoms with E-state index in [9.17, 15) is 26.4 Å². The number of nitrogens with zero attached hydrogens (tertiary/aromatic N) is 2. The molecule has 4 aromatic carbocycles. The Hall–Kier alpha value is -4.96.